The summed E-state index contributed by atoms with van der Waals surface area (Å²) in [6, 6.07) is 10.2. The maximum absolute atomic E-state index is 6.23. The number of rotatable bonds is 4. The molecule has 100 valence electrons. The largest absolute Gasteiger partial charge is 0.347 e. The van der Waals surface area contributed by atoms with Gasteiger partial charge in [0, 0.05) is 13.1 Å². The van der Waals surface area contributed by atoms with E-state index in [-0.39, 0.29) is 6.04 Å². The third-order valence-electron chi connectivity index (χ3n) is 3.42. The first-order valence-corrected chi connectivity index (χ1v) is 7.52. The number of nitrogens with two attached hydrogens (primary N) is 1. The van der Waals surface area contributed by atoms with E-state index in [1.54, 1.807) is 11.3 Å². The molecule has 1 fully saturated rings. The Kier molecular flexibility index (Phi) is 3.75. The lowest BCUT2D eigenvalue weighted by molar-refractivity contribution is 0.703. The van der Waals surface area contributed by atoms with Gasteiger partial charge < -0.3 is 10.6 Å². The van der Waals surface area contributed by atoms with Gasteiger partial charge in [0.25, 0.3) is 0 Å². The lowest BCUT2D eigenvalue weighted by atomic mass is 10.1. The molecule has 0 saturated carbocycles. The molecule has 1 aliphatic heterocycles. The molecule has 1 aliphatic rings. The van der Waals surface area contributed by atoms with Crippen LogP contribution in [0.15, 0.2) is 30.3 Å². The van der Waals surface area contributed by atoms with E-state index in [2.05, 4.69) is 27.2 Å². The fourth-order valence-electron chi connectivity index (χ4n) is 2.37. The molecule has 0 spiro atoms. The minimum atomic E-state index is -0.0590. The molecule has 0 amide bonds. The lowest BCUT2D eigenvalue weighted by Gasteiger charge is -2.11. The van der Waals surface area contributed by atoms with Crippen LogP contribution in [0.2, 0.25) is 0 Å². The predicted molar refractivity (Wildman–Crippen MR) is 78.4 cm³/mol. The van der Waals surface area contributed by atoms with Crippen molar-refractivity contribution in [2.45, 2.75) is 25.3 Å². The molecule has 0 radical (unpaired) electrons. The summed E-state index contributed by atoms with van der Waals surface area (Å²) < 4.78 is 0. The van der Waals surface area contributed by atoms with Crippen molar-refractivity contribution in [1.82, 2.24) is 10.2 Å². The van der Waals surface area contributed by atoms with Crippen LogP contribution in [0.3, 0.4) is 0 Å². The summed E-state index contributed by atoms with van der Waals surface area (Å²) in [7, 11) is 0. The van der Waals surface area contributed by atoms with Gasteiger partial charge in [0.2, 0.25) is 5.13 Å². The first kappa shape index (κ1) is 12.6. The molecule has 1 unspecified atom stereocenters. The van der Waals surface area contributed by atoms with Gasteiger partial charge >= 0.3 is 0 Å². The molecule has 1 saturated heterocycles. The number of hydrogen-bond donors (Lipinski definition) is 1. The summed E-state index contributed by atoms with van der Waals surface area (Å²) in [6.07, 6.45) is 3.32. The Hall–Kier alpha value is -1.46. The van der Waals surface area contributed by atoms with E-state index in [1.807, 2.05) is 18.2 Å². The Labute approximate surface area is 117 Å². The van der Waals surface area contributed by atoms with Gasteiger partial charge in [-0.1, -0.05) is 41.7 Å². The van der Waals surface area contributed by atoms with E-state index >= 15 is 0 Å². The van der Waals surface area contributed by atoms with Gasteiger partial charge in [-0.2, -0.15) is 0 Å². The van der Waals surface area contributed by atoms with Crippen molar-refractivity contribution < 1.29 is 0 Å². The molecule has 2 N–H and O–H groups in total. The molecular weight excluding hydrogens is 256 g/mol. The van der Waals surface area contributed by atoms with E-state index < -0.39 is 0 Å². The van der Waals surface area contributed by atoms with Crippen molar-refractivity contribution >= 4 is 16.5 Å². The van der Waals surface area contributed by atoms with E-state index in [0.29, 0.717) is 0 Å². The quantitative estimate of drug-likeness (QED) is 0.930. The van der Waals surface area contributed by atoms with Gasteiger partial charge in [-0.05, 0) is 24.8 Å². The van der Waals surface area contributed by atoms with Crippen LogP contribution in [-0.4, -0.2) is 23.3 Å². The third kappa shape index (κ3) is 2.93. The van der Waals surface area contributed by atoms with Gasteiger partial charge in [0.05, 0.1) is 6.04 Å². The highest BCUT2D eigenvalue weighted by atomic mass is 32.1. The molecule has 1 aromatic heterocycles. The van der Waals surface area contributed by atoms with Crippen LogP contribution in [0, 0.1) is 0 Å². The summed E-state index contributed by atoms with van der Waals surface area (Å²) in [4.78, 5) is 2.30. The number of nitrogens with zero attached hydrogens (tertiary/aromatic N) is 3. The summed E-state index contributed by atoms with van der Waals surface area (Å²) >= 11 is 1.64. The Balaban J connectivity index is 1.68. The second kappa shape index (κ2) is 5.67. The number of anilines is 1. The number of benzene rings is 1. The van der Waals surface area contributed by atoms with Crippen LogP contribution in [0.1, 0.15) is 29.5 Å². The van der Waals surface area contributed by atoms with Crippen molar-refractivity contribution in [2.75, 3.05) is 18.0 Å². The standard InChI is InChI=1S/C14H18N4S/c15-12(10-11-6-2-1-3-7-11)13-16-17-14(19-13)18-8-4-5-9-18/h1-3,6-7,12H,4-5,8-10,15H2. The summed E-state index contributed by atoms with van der Waals surface area (Å²) in [5, 5.41) is 10.5. The number of aromatic nitrogens is 2. The summed E-state index contributed by atoms with van der Waals surface area (Å²) in [6.45, 7) is 2.20. The minimum absolute atomic E-state index is 0.0590. The van der Waals surface area contributed by atoms with Crippen LogP contribution in [0.4, 0.5) is 5.13 Å². The maximum Gasteiger partial charge on any atom is 0.208 e. The molecule has 4 nitrogen and oxygen atoms in total. The molecule has 1 atom stereocenters. The highest BCUT2D eigenvalue weighted by Gasteiger charge is 2.19. The normalized spacial score (nSPS) is 16.8. The van der Waals surface area contributed by atoms with E-state index in [1.165, 1.54) is 18.4 Å². The van der Waals surface area contributed by atoms with Crippen LogP contribution in [-0.2, 0) is 6.42 Å². The van der Waals surface area contributed by atoms with Crippen LogP contribution in [0.5, 0.6) is 0 Å². The van der Waals surface area contributed by atoms with E-state index in [9.17, 15) is 0 Å². The van der Waals surface area contributed by atoms with Crippen molar-refractivity contribution in [2.24, 2.45) is 5.73 Å². The van der Waals surface area contributed by atoms with E-state index in [0.717, 1.165) is 29.6 Å². The highest BCUT2D eigenvalue weighted by Crippen LogP contribution is 2.27. The lowest BCUT2D eigenvalue weighted by Crippen LogP contribution is -2.17. The van der Waals surface area contributed by atoms with Crippen molar-refractivity contribution in [3.8, 4) is 0 Å². The van der Waals surface area contributed by atoms with Gasteiger partial charge in [-0.25, -0.2) is 0 Å². The van der Waals surface area contributed by atoms with E-state index in [4.69, 9.17) is 5.73 Å². The SMILES string of the molecule is NC(Cc1ccccc1)c1nnc(N2CCCC2)s1. The first-order chi connectivity index (χ1) is 9.33. The topological polar surface area (TPSA) is 55.0 Å². The van der Waals surface area contributed by atoms with Gasteiger partial charge in [-0.15, -0.1) is 10.2 Å². The zero-order valence-corrected chi connectivity index (χ0v) is 11.6. The smallest absolute Gasteiger partial charge is 0.208 e. The van der Waals surface area contributed by atoms with Crippen molar-refractivity contribution in [1.29, 1.82) is 0 Å². The molecule has 19 heavy (non-hydrogen) atoms. The molecule has 2 heterocycles. The maximum atomic E-state index is 6.23. The Morgan fingerprint density at radius 1 is 1.16 bits per heavy atom. The average molecular weight is 274 g/mol. The van der Waals surface area contributed by atoms with Gasteiger partial charge in [0.15, 0.2) is 0 Å². The van der Waals surface area contributed by atoms with Crippen molar-refractivity contribution in [3.63, 3.8) is 0 Å². The van der Waals surface area contributed by atoms with Crippen LogP contribution >= 0.6 is 11.3 Å². The average Bonchev–Trinajstić information content (AvgIpc) is 3.11. The molecule has 1 aromatic carbocycles. The minimum Gasteiger partial charge on any atom is -0.347 e. The fraction of sp³-hybridized carbons (Fsp3) is 0.429. The summed E-state index contributed by atoms with van der Waals surface area (Å²) in [5.74, 6) is 0. The molecule has 2 aromatic rings. The fourth-order valence-corrected chi connectivity index (χ4v) is 3.26. The van der Waals surface area contributed by atoms with Crippen LogP contribution in [0.25, 0.3) is 0 Å². The monoisotopic (exact) mass is 274 g/mol. The Bertz CT molecular complexity index is 519. The highest BCUT2D eigenvalue weighted by molar-refractivity contribution is 7.15. The van der Waals surface area contributed by atoms with Crippen molar-refractivity contribution in [3.05, 3.63) is 40.9 Å². The molecule has 5 heteroatoms. The predicted octanol–water partition coefficient (Wildman–Crippen LogP) is 2.38. The Morgan fingerprint density at radius 3 is 2.63 bits per heavy atom. The first-order valence-electron chi connectivity index (χ1n) is 6.71. The van der Waals surface area contributed by atoms with Gasteiger partial charge in [0.1, 0.15) is 5.01 Å². The van der Waals surface area contributed by atoms with Crippen LogP contribution < -0.4 is 10.6 Å². The molecular formula is C14H18N4S. The molecule has 0 bridgehead atoms. The second-order valence-corrected chi connectivity index (χ2v) is 5.90. The molecule has 0 aliphatic carbocycles. The van der Waals surface area contributed by atoms with Gasteiger partial charge in [-0.3, -0.25) is 0 Å². The Morgan fingerprint density at radius 2 is 1.89 bits per heavy atom. The summed E-state index contributed by atoms with van der Waals surface area (Å²) in [5.41, 5.74) is 7.47. The number of hydrogen-bond acceptors (Lipinski definition) is 5. The second-order valence-electron chi connectivity index (χ2n) is 4.91. The zero-order valence-electron chi connectivity index (χ0n) is 10.8. The molecule has 3 rings (SSSR count). The zero-order chi connectivity index (χ0) is 13.1. The third-order valence-corrected chi connectivity index (χ3v) is 4.54.